The first-order valence-corrected chi connectivity index (χ1v) is 6.76. The van der Waals surface area contributed by atoms with Crippen LogP contribution < -0.4 is 0 Å². The van der Waals surface area contributed by atoms with Gasteiger partial charge in [0, 0.05) is 0 Å². The Morgan fingerprint density at radius 3 is 2.18 bits per heavy atom. The van der Waals surface area contributed by atoms with Gasteiger partial charge in [-0.25, -0.2) is 0 Å². The third-order valence-corrected chi connectivity index (χ3v) is 4.13. The third kappa shape index (κ3) is 2.82. The molecule has 1 N–H and O–H groups in total. The molecule has 1 rings (SSSR count). The van der Waals surface area contributed by atoms with Crippen LogP contribution in [0.5, 0.6) is 0 Å². The highest BCUT2D eigenvalue weighted by Crippen LogP contribution is 2.46. The molecule has 3 heteroatoms. The Morgan fingerprint density at radius 2 is 1.82 bits per heavy atom. The zero-order valence-corrected chi connectivity index (χ0v) is 11.9. The molecule has 1 aliphatic carbocycles. The van der Waals surface area contributed by atoms with Crippen LogP contribution in [0, 0.1) is 11.3 Å². The smallest absolute Gasteiger partial charge is 0.324 e. The summed E-state index contributed by atoms with van der Waals surface area (Å²) in [6.45, 7) is 12.3. The molecule has 2 atom stereocenters. The molecule has 17 heavy (non-hydrogen) atoms. The normalized spacial score (nSPS) is 32.7. The summed E-state index contributed by atoms with van der Waals surface area (Å²) < 4.78 is 0. The number of carbonyl (C=O) groups is 1. The number of nitrogens with zero attached hydrogens (tertiary/aromatic N) is 1. The van der Waals surface area contributed by atoms with E-state index < -0.39 is 11.5 Å². The zero-order chi connectivity index (χ0) is 13.3. The molecule has 0 bridgehead atoms. The summed E-state index contributed by atoms with van der Waals surface area (Å²) in [4.78, 5) is 14.0. The summed E-state index contributed by atoms with van der Waals surface area (Å²) >= 11 is 0. The zero-order valence-electron chi connectivity index (χ0n) is 11.9. The van der Waals surface area contributed by atoms with Crippen molar-refractivity contribution in [3.8, 4) is 0 Å². The molecule has 0 amide bonds. The topological polar surface area (TPSA) is 40.5 Å². The Kier molecular flexibility index (Phi) is 4.23. The SMILES string of the molecule is CCN(CC)C1(C(=O)O)CC(C)CC(C)(C)C1. The third-order valence-electron chi connectivity index (χ3n) is 4.13. The molecule has 0 aromatic carbocycles. The molecule has 3 nitrogen and oxygen atoms in total. The van der Waals surface area contributed by atoms with Crippen molar-refractivity contribution < 1.29 is 9.90 Å². The van der Waals surface area contributed by atoms with Crippen LogP contribution in [0.15, 0.2) is 0 Å². The molecule has 0 aromatic rings. The number of aliphatic carboxylic acids is 1. The monoisotopic (exact) mass is 241 g/mol. The van der Waals surface area contributed by atoms with Crippen molar-refractivity contribution in [1.29, 1.82) is 0 Å². The van der Waals surface area contributed by atoms with Crippen LogP contribution >= 0.6 is 0 Å². The average molecular weight is 241 g/mol. The maximum atomic E-state index is 11.8. The number of carboxylic acid groups (broad SMARTS) is 1. The highest BCUT2D eigenvalue weighted by Gasteiger charge is 2.50. The van der Waals surface area contributed by atoms with Crippen molar-refractivity contribution in [3.05, 3.63) is 0 Å². The standard InChI is InChI=1S/C14H27NO2/c1-6-15(7-2)14(12(16)17)9-11(3)8-13(4,5)10-14/h11H,6-10H2,1-5H3,(H,16,17). The molecular weight excluding hydrogens is 214 g/mol. The lowest BCUT2D eigenvalue weighted by Crippen LogP contribution is -2.59. The highest BCUT2D eigenvalue weighted by molar-refractivity contribution is 5.79. The number of carboxylic acids is 1. The average Bonchev–Trinajstić information content (AvgIpc) is 2.15. The molecule has 1 aliphatic rings. The van der Waals surface area contributed by atoms with E-state index in [1.165, 1.54) is 0 Å². The predicted molar refractivity (Wildman–Crippen MR) is 70.1 cm³/mol. The maximum Gasteiger partial charge on any atom is 0.324 e. The van der Waals surface area contributed by atoms with Crippen LogP contribution in [0.3, 0.4) is 0 Å². The molecule has 0 saturated heterocycles. The van der Waals surface area contributed by atoms with Gasteiger partial charge in [-0.3, -0.25) is 9.69 Å². The molecule has 100 valence electrons. The molecule has 0 aliphatic heterocycles. The number of hydrogen-bond acceptors (Lipinski definition) is 2. The predicted octanol–water partition coefficient (Wildman–Crippen LogP) is 3.00. The number of hydrogen-bond donors (Lipinski definition) is 1. The Balaban J connectivity index is 3.10. The fraction of sp³-hybridized carbons (Fsp3) is 0.929. The molecule has 0 radical (unpaired) electrons. The van der Waals surface area contributed by atoms with Crippen LogP contribution in [0.1, 0.15) is 53.9 Å². The first kappa shape index (κ1) is 14.5. The maximum absolute atomic E-state index is 11.8. The van der Waals surface area contributed by atoms with Gasteiger partial charge in [0.2, 0.25) is 0 Å². The van der Waals surface area contributed by atoms with Gasteiger partial charge in [-0.05, 0) is 43.7 Å². The second-order valence-electron chi connectivity index (χ2n) is 6.36. The molecular formula is C14H27NO2. The lowest BCUT2D eigenvalue weighted by molar-refractivity contribution is -0.159. The van der Waals surface area contributed by atoms with Crippen LogP contribution in [-0.4, -0.2) is 34.6 Å². The largest absolute Gasteiger partial charge is 0.480 e. The van der Waals surface area contributed by atoms with Gasteiger partial charge in [-0.1, -0.05) is 34.6 Å². The van der Waals surface area contributed by atoms with E-state index >= 15 is 0 Å². The van der Waals surface area contributed by atoms with Crippen LogP contribution in [-0.2, 0) is 4.79 Å². The lowest BCUT2D eigenvalue weighted by atomic mass is 9.63. The van der Waals surface area contributed by atoms with Crippen molar-refractivity contribution >= 4 is 5.97 Å². The Bertz CT molecular complexity index is 284. The van der Waals surface area contributed by atoms with Gasteiger partial charge in [-0.15, -0.1) is 0 Å². The molecule has 1 fully saturated rings. The first-order chi connectivity index (χ1) is 7.77. The Labute approximate surface area is 105 Å². The minimum absolute atomic E-state index is 0.124. The van der Waals surface area contributed by atoms with E-state index in [0.717, 1.165) is 32.4 Å². The summed E-state index contributed by atoms with van der Waals surface area (Å²) in [5.74, 6) is -0.156. The quantitative estimate of drug-likeness (QED) is 0.822. The van der Waals surface area contributed by atoms with E-state index in [0.29, 0.717) is 5.92 Å². The van der Waals surface area contributed by atoms with E-state index in [1.54, 1.807) is 0 Å². The fourth-order valence-corrected chi connectivity index (χ4v) is 3.90. The van der Waals surface area contributed by atoms with E-state index in [2.05, 4.69) is 39.5 Å². The van der Waals surface area contributed by atoms with Crippen molar-refractivity contribution in [2.75, 3.05) is 13.1 Å². The van der Waals surface area contributed by atoms with Gasteiger partial charge in [0.15, 0.2) is 0 Å². The van der Waals surface area contributed by atoms with E-state index in [9.17, 15) is 9.90 Å². The molecule has 0 spiro atoms. The van der Waals surface area contributed by atoms with Crippen LogP contribution in [0.2, 0.25) is 0 Å². The van der Waals surface area contributed by atoms with Gasteiger partial charge in [0.05, 0.1) is 0 Å². The molecule has 1 saturated carbocycles. The summed E-state index contributed by atoms with van der Waals surface area (Å²) in [6, 6.07) is 0. The summed E-state index contributed by atoms with van der Waals surface area (Å²) in [5, 5.41) is 9.73. The van der Waals surface area contributed by atoms with Crippen LogP contribution in [0.4, 0.5) is 0 Å². The van der Waals surface area contributed by atoms with Crippen LogP contribution in [0.25, 0.3) is 0 Å². The van der Waals surface area contributed by atoms with E-state index in [1.807, 2.05) is 0 Å². The molecule has 0 aromatic heterocycles. The van der Waals surface area contributed by atoms with Gasteiger partial charge in [0.1, 0.15) is 5.54 Å². The van der Waals surface area contributed by atoms with E-state index in [4.69, 9.17) is 0 Å². The van der Waals surface area contributed by atoms with Crippen molar-refractivity contribution in [2.24, 2.45) is 11.3 Å². The fourth-order valence-electron chi connectivity index (χ4n) is 3.90. The Hall–Kier alpha value is -0.570. The minimum atomic E-state index is -0.648. The summed E-state index contributed by atoms with van der Waals surface area (Å²) in [7, 11) is 0. The molecule has 2 unspecified atom stereocenters. The van der Waals surface area contributed by atoms with Gasteiger partial charge in [-0.2, -0.15) is 0 Å². The minimum Gasteiger partial charge on any atom is -0.480 e. The number of rotatable bonds is 4. The van der Waals surface area contributed by atoms with Gasteiger partial charge >= 0.3 is 5.97 Å². The van der Waals surface area contributed by atoms with Gasteiger partial charge < -0.3 is 5.11 Å². The highest BCUT2D eigenvalue weighted by atomic mass is 16.4. The second-order valence-corrected chi connectivity index (χ2v) is 6.36. The molecule has 0 heterocycles. The Morgan fingerprint density at radius 1 is 1.29 bits per heavy atom. The summed E-state index contributed by atoms with van der Waals surface area (Å²) in [5.41, 5.74) is -0.524. The van der Waals surface area contributed by atoms with Crippen molar-refractivity contribution in [1.82, 2.24) is 4.90 Å². The summed E-state index contributed by atoms with van der Waals surface area (Å²) in [6.07, 6.45) is 2.68. The second kappa shape index (κ2) is 4.97. The first-order valence-electron chi connectivity index (χ1n) is 6.76. The lowest BCUT2D eigenvalue weighted by Gasteiger charge is -2.50. The van der Waals surface area contributed by atoms with Gasteiger partial charge in [0.25, 0.3) is 0 Å². The number of likely N-dealkylation sites (N-methyl/N-ethyl adjacent to an activating group) is 1. The van der Waals surface area contributed by atoms with Crippen molar-refractivity contribution in [3.63, 3.8) is 0 Å². The van der Waals surface area contributed by atoms with E-state index in [-0.39, 0.29) is 5.41 Å². The van der Waals surface area contributed by atoms with Crippen molar-refractivity contribution in [2.45, 2.75) is 59.4 Å².